The van der Waals surface area contributed by atoms with Gasteiger partial charge in [-0.25, -0.2) is 0 Å². The minimum Gasteiger partial charge on any atom is -0.508 e. The van der Waals surface area contributed by atoms with Crippen molar-refractivity contribution in [1.29, 1.82) is 0 Å². The van der Waals surface area contributed by atoms with Crippen molar-refractivity contribution in [1.82, 2.24) is 4.98 Å². The Morgan fingerprint density at radius 2 is 1.90 bits per heavy atom. The minimum atomic E-state index is 0.119. The number of hydrogen-bond donors (Lipinski definition) is 2. The van der Waals surface area contributed by atoms with E-state index in [1.165, 1.54) is 0 Å². The molecular formula is C17H13NO2. The summed E-state index contributed by atoms with van der Waals surface area (Å²) in [7, 11) is 0. The number of hydrogen-bond acceptors (Lipinski definition) is 2. The zero-order valence-electron chi connectivity index (χ0n) is 10.8. The second-order valence-electron chi connectivity index (χ2n) is 5.19. The lowest BCUT2D eigenvalue weighted by molar-refractivity contribution is 0.474. The summed E-state index contributed by atoms with van der Waals surface area (Å²) in [4.78, 5) is 16.0. The molecule has 98 valence electrons. The molecule has 1 aliphatic rings. The number of aryl methyl sites for hydroxylation is 1. The largest absolute Gasteiger partial charge is 0.508 e. The molecule has 0 amide bonds. The molecule has 3 heteroatoms. The number of pyridine rings is 1. The van der Waals surface area contributed by atoms with Crippen LogP contribution in [-0.4, -0.2) is 10.1 Å². The summed E-state index contributed by atoms with van der Waals surface area (Å²) in [6.45, 7) is 0. The van der Waals surface area contributed by atoms with Gasteiger partial charge in [-0.15, -0.1) is 0 Å². The Kier molecular flexibility index (Phi) is 2.24. The van der Waals surface area contributed by atoms with Crippen LogP contribution in [0.25, 0.3) is 22.2 Å². The molecule has 4 rings (SSSR count). The topological polar surface area (TPSA) is 53.1 Å². The molecule has 20 heavy (non-hydrogen) atoms. The second-order valence-corrected chi connectivity index (χ2v) is 5.19. The van der Waals surface area contributed by atoms with E-state index in [9.17, 15) is 9.90 Å². The number of nitrogens with one attached hydrogen (secondary N) is 1. The number of H-pyrrole nitrogens is 1. The average molecular weight is 263 g/mol. The van der Waals surface area contributed by atoms with Crippen LogP contribution in [0.15, 0.2) is 47.3 Å². The van der Waals surface area contributed by atoms with Gasteiger partial charge in [0.15, 0.2) is 5.43 Å². The SMILES string of the molecule is O=c1c2c([nH]c3ccccc13)-c1ccc(O)cc1CC2. The third kappa shape index (κ3) is 1.50. The van der Waals surface area contributed by atoms with Gasteiger partial charge >= 0.3 is 0 Å². The van der Waals surface area contributed by atoms with Gasteiger partial charge in [-0.3, -0.25) is 4.79 Å². The summed E-state index contributed by atoms with van der Waals surface area (Å²) in [5.41, 5.74) is 4.83. The van der Waals surface area contributed by atoms with Crippen LogP contribution in [0.1, 0.15) is 11.1 Å². The first kappa shape index (κ1) is 11.3. The fourth-order valence-electron chi connectivity index (χ4n) is 3.04. The highest BCUT2D eigenvalue weighted by atomic mass is 16.3. The van der Waals surface area contributed by atoms with Crippen LogP contribution in [0, 0.1) is 0 Å². The highest BCUT2D eigenvalue weighted by Crippen LogP contribution is 2.33. The van der Waals surface area contributed by atoms with Gasteiger partial charge in [0.2, 0.25) is 0 Å². The van der Waals surface area contributed by atoms with E-state index in [-0.39, 0.29) is 11.2 Å². The maximum Gasteiger partial charge on any atom is 0.193 e. The third-order valence-corrected chi connectivity index (χ3v) is 4.01. The molecule has 0 saturated carbocycles. The summed E-state index contributed by atoms with van der Waals surface area (Å²) in [5.74, 6) is 0.273. The lowest BCUT2D eigenvalue weighted by Gasteiger charge is -2.20. The fraction of sp³-hybridized carbons (Fsp3) is 0.118. The van der Waals surface area contributed by atoms with Crippen LogP contribution in [0.5, 0.6) is 5.75 Å². The molecule has 1 aliphatic carbocycles. The van der Waals surface area contributed by atoms with Crippen LogP contribution in [0.4, 0.5) is 0 Å². The number of phenolic OH excluding ortho intramolecular Hbond substituents is 1. The lowest BCUT2D eigenvalue weighted by atomic mass is 9.88. The fourth-order valence-corrected chi connectivity index (χ4v) is 3.04. The summed E-state index contributed by atoms with van der Waals surface area (Å²) in [6, 6.07) is 12.9. The zero-order valence-corrected chi connectivity index (χ0v) is 10.8. The number of aromatic amines is 1. The molecule has 1 aromatic heterocycles. The Labute approximate surface area is 115 Å². The van der Waals surface area contributed by atoms with E-state index >= 15 is 0 Å². The first-order valence-electron chi connectivity index (χ1n) is 6.70. The Morgan fingerprint density at radius 3 is 2.80 bits per heavy atom. The average Bonchev–Trinajstić information content (AvgIpc) is 2.47. The number of rotatable bonds is 0. The van der Waals surface area contributed by atoms with Gasteiger partial charge in [0.1, 0.15) is 5.75 Å². The van der Waals surface area contributed by atoms with E-state index < -0.39 is 0 Å². The third-order valence-electron chi connectivity index (χ3n) is 4.01. The van der Waals surface area contributed by atoms with Crippen molar-refractivity contribution in [2.24, 2.45) is 0 Å². The summed E-state index contributed by atoms with van der Waals surface area (Å²) in [5, 5.41) is 10.3. The van der Waals surface area contributed by atoms with Crippen LogP contribution >= 0.6 is 0 Å². The summed E-state index contributed by atoms with van der Waals surface area (Å²) in [6.07, 6.45) is 1.50. The normalized spacial score (nSPS) is 13.0. The van der Waals surface area contributed by atoms with Crippen molar-refractivity contribution >= 4 is 10.9 Å². The zero-order chi connectivity index (χ0) is 13.7. The molecule has 0 radical (unpaired) electrons. The van der Waals surface area contributed by atoms with Crippen LogP contribution in [-0.2, 0) is 12.8 Å². The van der Waals surface area contributed by atoms with E-state index in [1.54, 1.807) is 12.1 Å². The number of fused-ring (bicyclic) bond motifs is 4. The van der Waals surface area contributed by atoms with E-state index in [4.69, 9.17) is 0 Å². The number of aromatic hydroxyl groups is 1. The van der Waals surface area contributed by atoms with Crippen LogP contribution < -0.4 is 5.43 Å². The van der Waals surface area contributed by atoms with Gasteiger partial charge in [0.05, 0.1) is 5.69 Å². The van der Waals surface area contributed by atoms with Gasteiger partial charge in [-0.1, -0.05) is 12.1 Å². The molecule has 0 fully saturated rings. The quantitative estimate of drug-likeness (QED) is 0.655. The second kappa shape index (κ2) is 3.97. The van der Waals surface area contributed by atoms with Gasteiger partial charge in [0.25, 0.3) is 0 Å². The predicted octanol–water partition coefficient (Wildman–Crippen LogP) is 3.00. The van der Waals surface area contributed by atoms with Gasteiger partial charge < -0.3 is 10.1 Å². The van der Waals surface area contributed by atoms with E-state index in [0.717, 1.165) is 39.7 Å². The van der Waals surface area contributed by atoms with Crippen molar-refractivity contribution in [3.05, 3.63) is 63.8 Å². The van der Waals surface area contributed by atoms with Crippen LogP contribution in [0.2, 0.25) is 0 Å². The Morgan fingerprint density at radius 1 is 1.05 bits per heavy atom. The van der Waals surface area contributed by atoms with E-state index in [0.29, 0.717) is 6.42 Å². The summed E-state index contributed by atoms with van der Waals surface area (Å²) < 4.78 is 0. The smallest absolute Gasteiger partial charge is 0.193 e. The molecule has 0 spiro atoms. The minimum absolute atomic E-state index is 0.119. The molecule has 3 nitrogen and oxygen atoms in total. The standard InChI is InChI=1S/C17H13NO2/c19-11-6-8-12-10(9-11)5-7-14-16(12)18-15-4-2-1-3-13(15)17(14)20/h1-4,6,8-9,19H,5,7H2,(H,18,20). The Balaban J connectivity index is 2.11. The molecular weight excluding hydrogens is 250 g/mol. The van der Waals surface area contributed by atoms with Crippen LogP contribution in [0.3, 0.4) is 0 Å². The first-order chi connectivity index (χ1) is 9.74. The number of benzene rings is 2. The number of para-hydroxylation sites is 1. The molecule has 0 bridgehead atoms. The maximum absolute atomic E-state index is 12.6. The van der Waals surface area contributed by atoms with Gasteiger partial charge in [-0.05, 0) is 48.7 Å². The first-order valence-corrected chi connectivity index (χ1v) is 6.70. The lowest BCUT2D eigenvalue weighted by Crippen LogP contribution is -2.17. The van der Waals surface area contributed by atoms with Crippen molar-refractivity contribution in [3.8, 4) is 17.0 Å². The highest BCUT2D eigenvalue weighted by Gasteiger charge is 2.20. The molecule has 3 aromatic rings. The highest BCUT2D eigenvalue weighted by molar-refractivity contribution is 5.84. The molecule has 1 heterocycles. The van der Waals surface area contributed by atoms with E-state index in [1.807, 2.05) is 30.3 Å². The van der Waals surface area contributed by atoms with Crippen molar-refractivity contribution in [2.75, 3.05) is 0 Å². The van der Waals surface area contributed by atoms with Crippen molar-refractivity contribution in [3.63, 3.8) is 0 Å². The molecule has 2 N–H and O–H groups in total. The molecule has 0 saturated heterocycles. The molecule has 2 aromatic carbocycles. The summed E-state index contributed by atoms with van der Waals surface area (Å²) >= 11 is 0. The van der Waals surface area contributed by atoms with Gasteiger partial charge in [0, 0.05) is 22.0 Å². The maximum atomic E-state index is 12.6. The Hall–Kier alpha value is -2.55. The number of phenols is 1. The number of aromatic nitrogens is 1. The van der Waals surface area contributed by atoms with E-state index in [2.05, 4.69) is 4.98 Å². The molecule has 0 aliphatic heterocycles. The van der Waals surface area contributed by atoms with Gasteiger partial charge in [-0.2, -0.15) is 0 Å². The molecule has 0 unspecified atom stereocenters. The Bertz CT molecular complexity index is 893. The monoisotopic (exact) mass is 263 g/mol. The van der Waals surface area contributed by atoms with Crippen molar-refractivity contribution < 1.29 is 5.11 Å². The molecule has 0 atom stereocenters. The van der Waals surface area contributed by atoms with Crippen molar-refractivity contribution in [2.45, 2.75) is 12.8 Å². The predicted molar refractivity (Wildman–Crippen MR) is 79.1 cm³/mol.